The lowest BCUT2D eigenvalue weighted by molar-refractivity contribution is 0.0949. The number of methoxy groups -OCH3 is 2. The number of carbonyl (C=O) groups is 1. The van der Waals surface area contributed by atoms with Crippen LogP contribution < -0.4 is 25.5 Å². The van der Waals surface area contributed by atoms with E-state index in [2.05, 4.69) is 31.2 Å². The summed E-state index contributed by atoms with van der Waals surface area (Å²) in [6.07, 6.45) is 1.44. The minimum atomic E-state index is -0.583. The number of hydrazone groups is 1. The SMILES string of the molecule is COc1cccc(/C=N/NC(=O)c2nnn(-c3nonc3N)c2CN(C)c2ccccc2)c1OC. The van der Waals surface area contributed by atoms with Crippen molar-refractivity contribution in [2.45, 2.75) is 6.54 Å². The van der Waals surface area contributed by atoms with Gasteiger partial charge in [0.2, 0.25) is 11.6 Å². The number of hydrogen-bond donors (Lipinski definition) is 2. The van der Waals surface area contributed by atoms with E-state index in [1.807, 2.05) is 42.3 Å². The van der Waals surface area contributed by atoms with E-state index in [0.717, 1.165) is 5.69 Å². The molecule has 0 unspecified atom stereocenters. The summed E-state index contributed by atoms with van der Waals surface area (Å²) in [6, 6.07) is 14.9. The van der Waals surface area contributed by atoms with Crippen LogP contribution in [0.25, 0.3) is 5.82 Å². The van der Waals surface area contributed by atoms with Crippen molar-refractivity contribution < 1.29 is 18.9 Å². The highest BCUT2D eigenvalue weighted by atomic mass is 16.6. The lowest BCUT2D eigenvalue weighted by Gasteiger charge is -2.19. The summed E-state index contributed by atoms with van der Waals surface area (Å²) in [4.78, 5) is 14.9. The Morgan fingerprint density at radius 2 is 1.97 bits per heavy atom. The zero-order chi connectivity index (χ0) is 24.8. The number of para-hydroxylation sites is 2. The lowest BCUT2D eigenvalue weighted by Crippen LogP contribution is -2.24. The standard InChI is InChI=1S/C22H23N9O4/c1-30(15-9-5-4-6-10-15)13-16-18(25-29-31(16)21-20(23)27-35-28-21)22(32)26-24-12-14-8-7-11-17(33-2)19(14)34-3/h4-12H,13H2,1-3H3,(H2,23,27)(H,26,32)/b24-12+. The first-order chi connectivity index (χ1) is 17.0. The van der Waals surface area contributed by atoms with Crippen molar-refractivity contribution in [2.75, 3.05) is 31.9 Å². The van der Waals surface area contributed by atoms with Gasteiger partial charge in [-0.1, -0.05) is 29.5 Å². The Hall–Kier alpha value is -4.94. The van der Waals surface area contributed by atoms with Gasteiger partial charge in [-0.15, -0.1) is 5.10 Å². The van der Waals surface area contributed by atoms with E-state index < -0.39 is 5.91 Å². The third-order valence-corrected chi connectivity index (χ3v) is 5.06. The second kappa shape index (κ2) is 10.3. The molecule has 2 aromatic heterocycles. The molecule has 4 aromatic rings. The first-order valence-electron chi connectivity index (χ1n) is 10.4. The Bertz CT molecular complexity index is 1330. The molecule has 13 heteroatoms. The number of aromatic nitrogens is 5. The summed E-state index contributed by atoms with van der Waals surface area (Å²) >= 11 is 0. The molecular weight excluding hydrogens is 454 g/mol. The molecule has 0 aliphatic heterocycles. The summed E-state index contributed by atoms with van der Waals surface area (Å²) in [5, 5.41) is 19.5. The van der Waals surface area contributed by atoms with Gasteiger partial charge in [-0.25, -0.2) is 10.1 Å². The number of carbonyl (C=O) groups excluding carboxylic acids is 1. The fourth-order valence-electron chi connectivity index (χ4n) is 3.35. The number of amides is 1. The maximum Gasteiger partial charge on any atom is 0.293 e. The molecule has 13 nitrogen and oxygen atoms in total. The third kappa shape index (κ3) is 4.88. The molecule has 2 aromatic carbocycles. The first-order valence-corrected chi connectivity index (χ1v) is 10.4. The van der Waals surface area contributed by atoms with Crippen LogP contribution in [0.5, 0.6) is 11.5 Å². The molecule has 0 radical (unpaired) electrons. The van der Waals surface area contributed by atoms with E-state index in [4.69, 9.17) is 19.8 Å². The predicted molar refractivity (Wildman–Crippen MR) is 127 cm³/mol. The molecule has 1 amide bonds. The van der Waals surface area contributed by atoms with Crippen LogP contribution in [-0.2, 0) is 6.54 Å². The van der Waals surface area contributed by atoms with Crippen LogP contribution in [0, 0.1) is 0 Å². The van der Waals surface area contributed by atoms with Gasteiger partial charge >= 0.3 is 0 Å². The Kier molecular flexibility index (Phi) is 6.86. The van der Waals surface area contributed by atoms with Crippen LogP contribution >= 0.6 is 0 Å². The van der Waals surface area contributed by atoms with Gasteiger partial charge in [0, 0.05) is 18.3 Å². The number of rotatable bonds is 9. The highest BCUT2D eigenvalue weighted by Crippen LogP contribution is 2.29. The molecule has 4 rings (SSSR count). The van der Waals surface area contributed by atoms with E-state index in [9.17, 15) is 4.79 Å². The van der Waals surface area contributed by atoms with Gasteiger partial charge < -0.3 is 20.1 Å². The highest BCUT2D eigenvalue weighted by molar-refractivity contribution is 5.94. The second-order valence-corrected chi connectivity index (χ2v) is 7.24. The molecule has 0 aliphatic carbocycles. The topological polar surface area (TPSA) is 159 Å². The molecule has 0 fully saturated rings. The molecule has 0 saturated carbocycles. The number of benzene rings is 2. The molecular formula is C22H23N9O4. The second-order valence-electron chi connectivity index (χ2n) is 7.24. The lowest BCUT2D eigenvalue weighted by atomic mass is 10.2. The van der Waals surface area contributed by atoms with E-state index in [0.29, 0.717) is 22.8 Å². The van der Waals surface area contributed by atoms with Gasteiger partial charge in [0.15, 0.2) is 17.2 Å². The molecule has 35 heavy (non-hydrogen) atoms. The van der Waals surface area contributed by atoms with Crippen LogP contribution in [0.15, 0.2) is 58.3 Å². The number of nitrogens with two attached hydrogens (primary N) is 1. The first kappa shape index (κ1) is 23.2. The summed E-state index contributed by atoms with van der Waals surface area (Å²) in [7, 11) is 4.92. The average Bonchev–Trinajstić information content (AvgIpc) is 3.49. The van der Waals surface area contributed by atoms with Crippen LogP contribution in [0.1, 0.15) is 21.7 Å². The van der Waals surface area contributed by atoms with E-state index in [-0.39, 0.29) is 23.9 Å². The number of nitrogen functional groups attached to an aromatic ring is 1. The Morgan fingerprint density at radius 3 is 2.66 bits per heavy atom. The summed E-state index contributed by atoms with van der Waals surface area (Å²) in [6.45, 7) is 0.249. The molecule has 0 atom stereocenters. The van der Waals surface area contributed by atoms with Crippen molar-refractivity contribution in [3.05, 3.63) is 65.5 Å². The zero-order valence-electron chi connectivity index (χ0n) is 19.2. The minimum absolute atomic E-state index is 0.00798. The van der Waals surface area contributed by atoms with Gasteiger partial charge in [-0.05, 0) is 34.6 Å². The quantitative estimate of drug-likeness (QED) is 0.268. The predicted octanol–water partition coefficient (Wildman–Crippen LogP) is 1.65. The van der Waals surface area contributed by atoms with Crippen molar-refractivity contribution in [3.8, 4) is 17.3 Å². The minimum Gasteiger partial charge on any atom is -0.493 e. The highest BCUT2D eigenvalue weighted by Gasteiger charge is 2.25. The maximum atomic E-state index is 13.0. The Balaban J connectivity index is 1.62. The van der Waals surface area contributed by atoms with E-state index in [1.165, 1.54) is 25.1 Å². The van der Waals surface area contributed by atoms with Crippen LogP contribution in [-0.4, -0.2) is 58.7 Å². The van der Waals surface area contributed by atoms with E-state index >= 15 is 0 Å². The van der Waals surface area contributed by atoms with Crippen LogP contribution in [0.4, 0.5) is 11.5 Å². The Labute approximate surface area is 200 Å². The fourth-order valence-corrected chi connectivity index (χ4v) is 3.35. The van der Waals surface area contributed by atoms with Crippen LogP contribution in [0.3, 0.4) is 0 Å². The molecule has 180 valence electrons. The fraction of sp³-hybridized carbons (Fsp3) is 0.182. The number of nitrogens with one attached hydrogen (secondary N) is 1. The molecule has 2 heterocycles. The van der Waals surface area contributed by atoms with Crippen molar-refractivity contribution >= 4 is 23.6 Å². The van der Waals surface area contributed by atoms with Crippen molar-refractivity contribution in [2.24, 2.45) is 5.10 Å². The van der Waals surface area contributed by atoms with Gasteiger partial charge in [-0.3, -0.25) is 4.79 Å². The molecule has 3 N–H and O–H groups in total. The number of anilines is 2. The summed E-state index contributed by atoms with van der Waals surface area (Å²) < 4.78 is 16.7. The largest absolute Gasteiger partial charge is 0.493 e. The molecule has 0 saturated heterocycles. The van der Waals surface area contributed by atoms with E-state index in [1.54, 1.807) is 18.2 Å². The number of ether oxygens (including phenoxy) is 2. The molecule has 0 aliphatic rings. The molecule has 0 bridgehead atoms. The number of nitrogens with zero attached hydrogens (tertiary/aromatic N) is 7. The van der Waals surface area contributed by atoms with Gasteiger partial charge in [0.05, 0.1) is 32.7 Å². The maximum absolute atomic E-state index is 13.0. The smallest absolute Gasteiger partial charge is 0.293 e. The zero-order valence-corrected chi connectivity index (χ0v) is 19.2. The molecule has 0 spiro atoms. The summed E-state index contributed by atoms with van der Waals surface area (Å²) in [5.74, 6) is 0.570. The van der Waals surface area contributed by atoms with Crippen molar-refractivity contribution in [1.82, 2.24) is 30.7 Å². The van der Waals surface area contributed by atoms with Crippen LogP contribution in [0.2, 0.25) is 0 Å². The van der Waals surface area contributed by atoms with Crippen molar-refractivity contribution in [1.29, 1.82) is 0 Å². The Morgan fingerprint density at radius 1 is 1.17 bits per heavy atom. The van der Waals surface area contributed by atoms with Gasteiger partial charge in [0.1, 0.15) is 0 Å². The summed E-state index contributed by atoms with van der Waals surface area (Å²) in [5.41, 5.74) is 10.3. The third-order valence-electron chi connectivity index (χ3n) is 5.06. The van der Waals surface area contributed by atoms with Crippen molar-refractivity contribution in [3.63, 3.8) is 0 Å². The van der Waals surface area contributed by atoms with Gasteiger partial charge in [-0.2, -0.15) is 9.78 Å². The number of hydrogen-bond acceptors (Lipinski definition) is 11. The average molecular weight is 477 g/mol. The van der Waals surface area contributed by atoms with Gasteiger partial charge in [0.25, 0.3) is 5.91 Å². The monoisotopic (exact) mass is 477 g/mol. The normalized spacial score (nSPS) is 10.9.